The molecule has 18 heavy (non-hydrogen) atoms. The first-order chi connectivity index (χ1) is 8.70. The van der Waals surface area contributed by atoms with Crippen LogP contribution in [-0.2, 0) is 6.54 Å². The van der Waals surface area contributed by atoms with Gasteiger partial charge in [0.25, 0.3) is 5.91 Å². The summed E-state index contributed by atoms with van der Waals surface area (Å²) >= 11 is 0. The molecular formula is C14H17N3O. The molecule has 94 valence electrons. The summed E-state index contributed by atoms with van der Waals surface area (Å²) in [6.07, 6.45) is 3.35. The fraction of sp³-hybridized carbons (Fsp3) is 0.286. The summed E-state index contributed by atoms with van der Waals surface area (Å²) in [5.41, 5.74) is 1.69. The van der Waals surface area contributed by atoms with Crippen molar-refractivity contribution in [2.75, 3.05) is 0 Å². The van der Waals surface area contributed by atoms with Gasteiger partial charge in [0.2, 0.25) is 0 Å². The maximum absolute atomic E-state index is 12.0. The molecule has 1 atom stereocenters. The van der Waals surface area contributed by atoms with Gasteiger partial charge in [-0.2, -0.15) is 5.10 Å². The van der Waals surface area contributed by atoms with Crippen molar-refractivity contribution in [1.29, 1.82) is 0 Å². The Hall–Kier alpha value is -2.10. The molecule has 0 fully saturated rings. The molecule has 1 aromatic carbocycles. The molecule has 1 N–H and O–H groups in total. The van der Waals surface area contributed by atoms with E-state index in [0.717, 1.165) is 12.1 Å². The van der Waals surface area contributed by atoms with Gasteiger partial charge in [-0.3, -0.25) is 9.48 Å². The van der Waals surface area contributed by atoms with E-state index in [-0.39, 0.29) is 11.9 Å². The minimum atomic E-state index is -0.0916. The van der Waals surface area contributed by atoms with Crippen LogP contribution in [0.1, 0.15) is 35.8 Å². The van der Waals surface area contributed by atoms with Crippen LogP contribution in [-0.4, -0.2) is 15.7 Å². The Bertz CT molecular complexity index is 519. The molecular weight excluding hydrogens is 226 g/mol. The van der Waals surface area contributed by atoms with Gasteiger partial charge in [-0.05, 0) is 19.4 Å². The number of hydrogen-bond acceptors (Lipinski definition) is 2. The summed E-state index contributed by atoms with van der Waals surface area (Å²) in [6.45, 7) is 4.72. The first-order valence-corrected chi connectivity index (χ1v) is 6.09. The summed E-state index contributed by atoms with van der Waals surface area (Å²) in [5.74, 6) is -0.0916. The lowest BCUT2D eigenvalue weighted by Crippen LogP contribution is -2.26. The Balaban J connectivity index is 2.03. The highest BCUT2D eigenvalue weighted by Gasteiger charge is 2.12. The smallest absolute Gasteiger partial charge is 0.254 e. The van der Waals surface area contributed by atoms with Crippen LogP contribution in [0.4, 0.5) is 0 Å². The van der Waals surface area contributed by atoms with Gasteiger partial charge in [0.1, 0.15) is 0 Å². The number of rotatable bonds is 4. The quantitative estimate of drug-likeness (QED) is 0.896. The Morgan fingerprint density at radius 3 is 2.72 bits per heavy atom. The molecule has 0 aliphatic rings. The molecule has 2 aromatic rings. The zero-order valence-electron chi connectivity index (χ0n) is 10.6. The van der Waals surface area contributed by atoms with E-state index in [9.17, 15) is 4.79 Å². The summed E-state index contributed by atoms with van der Waals surface area (Å²) in [6, 6.07) is 9.88. The van der Waals surface area contributed by atoms with E-state index in [1.54, 1.807) is 17.1 Å². The second-order valence-corrected chi connectivity index (χ2v) is 4.19. The molecule has 1 unspecified atom stereocenters. The number of nitrogens with one attached hydrogen (secondary N) is 1. The number of hydrogen-bond donors (Lipinski definition) is 1. The van der Waals surface area contributed by atoms with Crippen molar-refractivity contribution in [2.45, 2.75) is 26.4 Å². The van der Waals surface area contributed by atoms with Crippen LogP contribution < -0.4 is 5.32 Å². The van der Waals surface area contributed by atoms with Crippen LogP contribution in [0.15, 0.2) is 42.7 Å². The van der Waals surface area contributed by atoms with E-state index >= 15 is 0 Å². The summed E-state index contributed by atoms with van der Waals surface area (Å²) < 4.78 is 1.74. The van der Waals surface area contributed by atoms with E-state index in [4.69, 9.17) is 0 Å². The molecule has 0 spiro atoms. The van der Waals surface area contributed by atoms with Crippen molar-refractivity contribution in [3.63, 3.8) is 0 Å². The van der Waals surface area contributed by atoms with E-state index in [1.807, 2.05) is 44.2 Å². The molecule has 1 amide bonds. The largest absolute Gasteiger partial charge is 0.345 e. The fourth-order valence-corrected chi connectivity index (χ4v) is 1.76. The molecule has 0 radical (unpaired) electrons. The molecule has 0 saturated carbocycles. The molecule has 4 nitrogen and oxygen atoms in total. The van der Waals surface area contributed by atoms with Crippen LogP contribution >= 0.6 is 0 Å². The van der Waals surface area contributed by atoms with E-state index < -0.39 is 0 Å². The van der Waals surface area contributed by atoms with E-state index in [1.165, 1.54) is 0 Å². The number of benzene rings is 1. The summed E-state index contributed by atoms with van der Waals surface area (Å²) in [5, 5.41) is 7.05. The van der Waals surface area contributed by atoms with Gasteiger partial charge >= 0.3 is 0 Å². The average Bonchev–Trinajstić information content (AvgIpc) is 2.88. The normalized spacial score (nSPS) is 12.1. The average molecular weight is 243 g/mol. The second kappa shape index (κ2) is 5.49. The molecule has 0 aliphatic heterocycles. The topological polar surface area (TPSA) is 46.9 Å². The van der Waals surface area contributed by atoms with Gasteiger partial charge in [-0.1, -0.05) is 30.3 Å². The highest BCUT2D eigenvalue weighted by Crippen LogP contribution is 2.12. The first-order valence-electron chi connectivity index (χ1n) is 6.09. The molecule has 2 rings (SSSR count). The van der Waals surface area contributed by atoms with E-state index in [2.05, 4.69) is 10.4 Å². The second-order valence-electron chi connectivity index (χ2n) is 4.19. The fourth-order valence-electron chi connectivity index (χ4n) is 1.76. The van der Waals surface area contributed by atoms with Crippen molar-refractivity contribution >= 4 is 5.91 Å². The number of carbonyl (C=O) groups excluding carboxylic acids is 1. The van der Waals surface area contributed by atoms with Crippen LogP contribution in [0.2, 0.25) is 0 Å². The minimum absolute atomic E-state index is 0.0105. The third-order valence-corrected chi connectivity index (χ3v) is 2.87. The zero-order valence-corrected chi connectivity index (χ0v) is 10.6. The number of carbonyl (C=O) groups is 1. The predicted molar refractivity (Wildman–Crippen MR) is 70.2 cm³/mol. The van der Waals surface area contributed by atoms with Crippen LogP contribution in [0, 0.1) is 0 Å². The first kappa shape index (κ1) is 12.4. The maximum atomic E-state index is 12.0. The van der Waals surface area contributed by atoms with Gasteiger partial charge in [-0.25, -0.2) is 0 Å². The Labute approximate surface area is 107 Å². The zero-order chi connectivity index (χ0) is 13.0. The van der Waals surface area contributed by atoms with Crippen molar-refractivity contribution in [2.24, 2.45) is 0 Å². The number of nitrogens with zero attached hydrogens (tertiary/aromatic N) is 2. The molecule has 0 aliphatic carbocycles. The van der Waals surface area contributed by atoms with Crippen LogP contribution in [0.5, 0.6) is 0 Å². The lowest BCUT2D eigenvalue weighted by atomic mass is 10.1. The highest BCUT2D eigenvalue weighted by molar-refractivity contribution is 5.93. The van der Waals surface area contributed by atoms with Crippen molar-refractivity contribution < 1.29 is 4.79 Å². The number of aryl methyl sites for hydroxylation is 1. The summed E-state index contributed by atoms with van der Waals surface area (Å²) in [4.78, 5) is 12.0. The molecule has 4 heteroatoms. The number of amides is 1. The third kappa shape index (κ3) is 2.77. The molecule has 0 saturated heterocycles. The van der Waals surface area contributed by atoms with E-state index in [0.29, 0.717) is 5.56 Å². The van der Waals surface area contributed by atoms with Crippen molar-refractivity contribution in [3.05, 3.63) is 53.9 Å². The van der Waals surface area contributed by atoms with Crippen molar-refractivity contribution in [1.82, 2.24) is 15.1 Å². The van der Waals surface area contributed by atoms with Gasteiger partial charge < -0.3 is 5.32 Å². The standard InChI is InChI=1S/C14H17N3O/c1-3-17-10-13(9-15-17)14(18)16-11(2)12-7-5-4-6-8-12/h4-11H,3H2,1-2H3,(H,16,18). The molecule has 1 aromatic heterocycles. The van der Waals surface area contributed by atoms with Gasteiger partial charge in [0, 0.05) is 12.7 Å². The SMILES string of the molecule is CCn1cc(C(=O)NC(C)c2ccccc2)cn1. The van der Waals surface area contributed by atoms with Gasteiger partial charge in [0.05, 0.1) is 17.8 Å². The summed E-state index contributed by atoms with van der Waals surface area (Å²) in [7, 11) is 0. The molecule has 0 bridgehead atoms. The monoisotopic (exact) mass is 243 g/mol. The Kier molecular flexibility index (Phi) is 3.77. The Morgan fingerprint density at radius 2 is 2.11 bits per heavy atom. The Morgan fingerprint density at radius 1 is 1.39 bits per heavy atom. The highest BCUT2D eigenvalue weighted by atomic mass is 16.1. The van der Waals surface area contributed by atoms with Crippen LogP contribution in [0.3, 0.4) is 0 Å². The minimum Gasteiger partial charge on any atom is -0.345 e. The van der Waals surface area contributed by atoms with Crippen LogP contribution in [0.25, 0.3) is 0 Å². The van der Waals surface area contributed by atoms with Gasteiger partial charge in [0.15, 0.2) is 0 Å². The third-order valence-electron chi connectivity index (χ3n) is 2.87. The molecule has 1 heterocycles. The predicted octanol–water partition coefficient (Wildman–Crippen LogP) is 2.39. The number of aromatic nitrogens is 2. The lowest BCUT2D eigenvalue weighted by Gasteiger charge is -2.13. The maximum Gasteiger partial charge on any atom is 0.254 e. The lowest BCUT2D eigenvalue weighted by molar-refractivity contribution is 0.0940. The van der Waals surface area contributed by atoms with Gasteiger partial charge in [-0.15, -0.1) is 0 Å². The van der Waals surface area contributed by atoms with Crippen molar-refractivity contribution in [3.8, 4) is 0 Å².